The molecule has 282 valence electrons. The number of hydrogen-bond acceptors (Lipinski definition) is 0. The first-order valence-corrected chi connectivity index (χ1v) is 20.4. The second-order valence-electron chi connectivity index (χ2n) is 14.1. The van der Waals surface area contributed by atoms with Crippen molar-refractivity contribution in [1.29, 1.82) is 0 Å². The highest BCUT2D eigenvalue weighted by atomic mass is 14.2. The molecule has 0 heterocycles. The zero-order valence-corrected chi connectivity index (χ0v) is 34.6. The normalized spacial score (nSPS) is 10.8. The molecule has 0 heteroatoms. The fourth-order valence-electron chi connectivity index (χ4n) is 6.80. The van der Waals surface area contributed by atoms with E-state index in [1.54, 1.807) is 0 Å². The Labute approximate surface area is 334 Å². The van der Waals surface area contributed by atoms with Gasteiger partial charge in [0.2, 0.25) is 0 Å². The molecule has 0 aliphatic carbocycles. The minimum absolute atomic E-state index is 0.514. The Morgan fingerprint density at radius 2 is 0.891 bits per heavy atom. The summed E-state index contributed by atoms with van der Waals surface area (Å²) in [6, 6.07) is 62.8. The molecule has 0 amide bonds. The number of rotatable bonds is 9. The molecule has 55 heavy (non-hydrogen) atoms. The molecular formula is C55H62. The standard InChI is InChI=1S/C34H38.C12H10.C7H8.C2H6/c1-6-8-14-27-15-10-12-17-32(27)31-20-18-28(22-26(31)5)29-19-21-33(34(23-29)24(3)7-2)30-16-11-9-13-25(30)4;1-3-7-11(8-4-1)12-9-5-2-6-10-12;1-7-5-3-2-4-6-7;1-2/h9-13,15-24H,6-8,14H2,1-5H3;1-10H;2-6H,1H3;1-2H3. The van der Waals surface area contributed by atoms with Crippen LogP contribution in [-0.4, -0.2) is 0 Å². The van der Waals surface area contributed by atoms with Gasteiger partial charge in [-0.25, -0.2) is 0 Å². The van der Waals surface area contributed by atoms with Gasteiger partial charge in [-0.05, 0) is 113 Å². The van der Waals surface area contributed by atoms with E-state index in [1.807, 2.05) is 44.2 Å². The molecule has 1 unspecified atom stereocenters. The Morgan fingerprint density at radius 3 is 1.40 bits per heavy atom. The van der Waals surface area contributed by atoms with Crippen LogP contribution < -0.4 is 0 Å². The second-order valence-corrected chi connectivity index (χ2v) is 14.1. The van der Waals surface area contributed by atoms with Gasteiger partial charge < -0.3 is 0 Å². The summed E-state index contributed by atoms with van der Waals surface area (Å²) in [5, 5.41) is 0. The third-order valence-electron chi connectivity index (χ3n) is 10.1. The number of aryl methyl sites for hydroxylation is 4. The van der Waals surface area contributed by atoms with Crippen LogP contribution in [0.15, 0.2) is 176 Å². The first-order chi connectivity index (χ1) is 26.9. The lowest BCUT2D eigenvalue weighted by Gasteiger charge is -2.19. The average molecular weight is 723 g/mol. The molecule has 0 aromatic heterocycles. The van der Waals surface area contributed by atoms with Crippen molar-refractivity contribution in [3.8, 4) is 44.5 Å². The van der Waals surface area contributed by atoms with Gasteiger partial charge in [-0.2, -0.15) is 0 Å². The van der Waals surface area contributed by atoms with Gasteiger partial charge in [0.1, 0.15) is 0 Å². The van der Waals surface area contributed by atoms with E-state index in [2.05, 4.69) is 187 Å². The topological polar surface area (TPSA) is 0 Å². The summed E-state index contributed by atoms with van der Waals surface area (Å²) in [5.41, 5.74) is 17.5. The molecular weight excluding hydrogens is 661 g/mol. The summed E-state index contributed by atoms with van der Waals surface area (Å²) in [6.45, 7) is 17.5. The van der Waals surface area contributed by atoms with Crippen LogP contribution in [0.2, 0.25) is 0 Å². The summed E-state index contributed by atoms with van der Waals surface area (Å²) in [6.07, 6.45) is 4.74. The smallest absolute Gasteiger partial charge is 0.0146 e. The minimum atomic E-state index is 0.514. The van der Waals surface area contributed by atoms with Crippen molar-refractivity contribution in [3.05, 3.63) is 204 Å². The van der Waals surface area contributed by atoms with Crippen molar-refractivity contribution in [3.63, 3.8) is 0 Å². The van der Waals surface area contributed by atoms with Crippen LogP contribution in [0.1, 0.15) is 87.6 Å². The van der Waals surface area contributed by atoms with Crippen molar-refractivity contribution < 1.29 is 0 Å². The zero-order chi connectivity index (χ0) is 39.4. The summed E-state index contributed by atoms with van der Waals surface area (Å²) < 4.78 is 0. The fourth-order valence-corrected chi connectivity index (χ4v) is 6.80. The molecule has 7 aromatic rings. The van der Waals surface area contributed by atoms with E-state index < -0.39 is 0 Å². The molecule has 0 nitrogen and oxygen atoms in total. The van der Waals surface area contributed by atoms with E-state index in [0.29, 0.717) is 5.92 Å². The fraction of sp³-hybridized carbons (Fsp3) is 0.236. The highest BCUT2D eigenvalue weighted by Gasteiger charge is 2.15. The van der Waals surface area contributed by atoms with Gasteiger partial charge in [-0.15, -0.1) is 0 Å². The molecule has 0 bridgehead atoms. The third kappa shape index (κ3) is 12.3. The van der Waals surface area contributed by atoms with E-state index in [1.165, 1.54) is 85.2 Å². The van der Waals surface area contributed by atoms with E-state index >= 15 is 0 Å². The largest absolute Gasteiger partial charge is 0.0683 e. The first-order valence-electron chi connectivity index (χ1n) is 20.4. The molecule has 0 spiro atoms. The van der Waals surface area contributed by atoms with Gasteiger partial charge in [0.15, 0.2) is 0 Å². The van der Waals surface area contributed by atoms with Gasteiger partial charge in [-0.1, -0.05) is 223 Å². The van der Waals surface area contributed by atoms with Crippen LogP contribution in [0.3, 0.4) is 0 Å². The van der Waals surface area contributed by atoms with Crippen molar-refractivity contribution >= 4 is 0 Å². The lowest BCUT2D eigenvalue weighted by Crippen LogP contribution is -1.98. The van der Waals surface area contributed by atoms with Crippen molar-refractivity contribution in [1.82, 2.24) is 0 Å². The van der Waals surface area contributed by atoms with Crippen LogP contribution in [0.5, 0.6) is 0 Å². The van der Waals surface area contributed by atoms with E-state index in [0.717, 1.165) is 12.8 Å². The molecule has 7 aromatic carbocycles. The average Bonchev–Trinajstić information content (AvgIpc) is 3.25. The number of hydrogen-bond donors (Lipinski definition) is 0. The minimum Gasteiger partial charge on any atom is -0.0683 e. The Bertz CT molecular complexity index is 2090. The predicted octanol–water partition coefficient (Wildman–Crippen LogP) is 16.5. The summed E-state index contributed by atoms with van der Waals surface area (Å²) in [7, 11) is 0. The molecule has 0 saturated carbocycles. The van der Waals surface area contributed by atoms with Crippen LogP contribution in [0.4, 0.5) is 0 Å². The highest BCUT2D eigenvalue weighted by Crippen LogP contribution is 2.37. The Balaban J connectivity index is 0.000000259. The predicted molar refractivity (Wildman–Crippen MR) is 244 cm³/mol. The van der Waals surface area contributed by atoms with Crippen molar-refractivity contribution in [2.24, 2.45) is 0 Å². The monoisotopic (exact) mass is 722 g/mol. The lowest BCUT2D eigenvalue weighted by atomic mass is 9.85. The maximum Gasteiger partial charge on any atom is -0.0146 e. The van der Waals surface area contributed by atoms with Crippen LogP contribution in [0.25, 0.3) is 44.5 Å². The van der Waals surface area contributed by atoms with Gasteiger partial charge in [0, 0.05) is 0 Å². The summed E-state index contributed by atoms with van der Waals surface area (Å²) in [5.74, 6) is 0.514. The van der Waals surface area contributed by atoms with E-state index in [-0.39, 0.29) is 0 Å². The van der Waals surface area contributed by atoms with Gasteiger partial charge >= 0.3 is 0 Å². The summed E-state index contributed by atoms with van der Waals surface area (Å²) in [4.78, 5) is 0. The third-order valence-corrected chi connectivity index (χ3v) is 10.1. The Morgan fingerprint density at radius 1 is 0.418 bits per heavy atom. The molecule has 0 saturated heterocycles. The molecule has 0 aliphatic rings. The maximum absolute atomic E-state index is 2.43. The van der Waals surface area contributed by atoms with Crippen LogP contribution >= 0.6 is 0 Å². The van der Waals surface area contributed by atoms with E-state index in [4.69, 9.17) is 0 Å². The van der Waals surface area contributed by atoms with Gasteiger partial charge in [0.05, 0.1) is 0 Å². The Hall–Kier alpha value is -5.46. The molecule has 1 atom stereocenters. The molecule has 0 fully saturated rings. The Kier molecular flexibility index (Phi) is 17.4. The highest BCUT2D eigenvalue weighted by molar-refractivity contribution is 5.79. The van der Waals surface area contributed by atoms with Crippen molar-refractivity contribution in [2.75, 3.05) is 0 Å². The van der Waals surface area contributed by atoms with Crippen LogP contribution in [-0.2, 0) is 6.42 Å². The van der Waals surface area contributed by atoms with Crippen molar-refractivity contribution in [2.45, 2.75) is 87.0 Å². The van der Waals surface area contributed by atoms with E-state index in [9.17, 15) is 0 Å². The second kappa shape index (κ2) is 22.7. The molecule has 0 radical (unpaired) electrons. The first kappa shape index (κ1) is 42.3. The molecule has 7 rings (SSSR count). The van der Waals surface area contributed by atoms with Crippen LogP contribution in [0, 0.1) is 20.8 Å². The number of benzene rings is 7. The SMILES string of the molecule is CC.CCCCc1ccccc1-c1ccc(-c2ccc(-c3ccccc3C)c(C(C)CC)c2)cc1C.Cc1ccccc1.c1ccc(-c2ccccc2)cc1. The zero-order valence-electron chi connectivity index (χ0n) is 34.6. The number of unbranched alkanes of at least 4 members (excludes halogenated alkanes) is 1. The summed E-state index contributed by atoms with van der Waals surface area (Å²) >= 11 is 0. The van der Waals surface area contributed by atoms with Gasteiger partial charge in [0.25, 0.3) is 0 Å². The van der Waals surface area contributed by atoms with Gasteiger partial charge in [-0.3, -0.25) is 0 Å². The maximum atomic E-state index is 2.43. The molecule has 0 aliphatic heterocycles. The lowest BCUT2D eigenvalue weighted by molar-refractivity contribution is 0.735. The quantitative estimate of drug-likeness (QED) is 0.139. The molecule has 0 N–H and O–H groups in total.